The fourth-order valence-electron chi connectivity index (χ4n) is 2.50. The molecule has 0 bridgehead atoms. The molecule has 0 aromatic heterocycles. The number of rotatable bonds is 16. The van der Waals surface area contributed by atoms with Crippen molar-refractivity contribution in [3.63, 3.8) is 0 Å². The number of isocyanates is 1. The predicted molar refractivity (Wildman–Crippen MR) is 89.9 cm³/mol. The Bertz CT molecular complexity index is 337. The highest BCUT2D eigenvalue weighted by molar-refractivity contribution is 7.51. The van der Waals surface area contributed by atoms with Gasteiger partial charge in [-0.1, -0.05) is 70.6 Å². The summed E-state index contributed by atoms with van der Waals surface area (Å²) in [4.78, 5) is 30.8. The second-order valence-corrected chi connectivity index (χ2v) is 7.73. The largest absolute Gasteiger partial charge is 0.325 e. The average molecular weight is 333 g/mol. The molecule has 5 nitrogen and oxygen atoms in total. The highest BCUT2D eigenvalue weighted by Crippen LogP contribution is 2.35. The molecule has 0 rings (SSSR count). The zero-order chi connectivity index (χ0) is 16.5. The molecule has 0 saturated heterocycles. The van der Waals surface area contributed by atoms with Gasteiger partial charge in [0, 0.05) is 6.16 Å². The lowest BCUT2D eigenvalue weighted by Crippen LogP contribution is -1.88. The Morgan fingerprint density at radius 1 is 0.682 bits per heavy atom. The zero-order valence-corrected chi connectivity index (χ0v) is 14.6. The molecule has 0 aliphatic heterocycles. The lowest BCUT2D eigenvalue weighted by atomic mass is 10.0. The molecule has 0 spiro atoms. The van der Waals surface area contributed by atoms with Gasteiger partial charge in [-0.15, -0.1) is 0 Å². The topological polar surface area (TPSA) is 87.0 Å². The average Bonchev–Trinajstić information content (AvgIpc) is 2.45. The molecule has 0 fully saturated rings. The molecule has 0 unspecified atom stereocenters. The molecule has 0 radical (unpaired) electrons. The highest BCUT2D eigenvalue weighted by Gasteiger charge is 2.10. The Kier molecular flexibility index (Phi) is 15.1. The van der Waals surface area contributed by atoms with Crippen LogP contribution in [0.15, 0.2) is 4.99 Å². The number of unbranched alkanes of at least 4 members (excludes halogenated alkanes) is 12. The van der Waals surface area contributed by atoms with E-state index >= 15 is 0 Å². The minimum Gasteiger partial charge on any atom is -0.324 e. The quantitative estimate of drug-likeness (QED) is 0.187. The first-order valence-electron chi connectivity index (χ1n) is 8.64. The van der Waals surface area contributed by atoms with Crippen LogP contribution < -0.4 is 0 Å². The van der Waals surface area contributed by atoms with Gasteiger partial charge in [-0.05, 0) is 12.8 Å². The minimum absolute atomic E-state index is 0.0362. The van der Waals surface area contributed by atoms with Gasteiger partial charge in [0.25, 0.3) is 0 Å². The molecule has 0 aliphatic carbocycles. The maximum Gasteiger partial charge on any atom is 0.325 e. The summed E-state index contributed by atoms with van der Waals surface area (Å²) in [6.07, 6.45) is 16.5. The normalized spacial score (nSPS) is 11.4. The third-order valence-electron chi connectivity index (χ3n) is 3.78. The Hall–Kier alpha value is -0.470. The van der Waals surface area contributed by atoms with Crippen LogP contribution in [0, 0.1) is 0 Å². The van der Waals surface area contributed by atoms with Crippen LogP contribution in [0.3, 0.4) is 0 Å². The van der Waals surface area contributed by atoms with E-state index in [2.05, 4.69) is 4.99 Å². The van der Waals surface area contributed by atoms with Gasteiger partial charge in [0.15, 0.2) is 0 Å². The highest BCUT2D eigenvalue weighted by atomic mass is 31.2. The summed E-state index contributed by atoms with van der Waals surface area (Å²) in [5.74, 6) is 0. The fourth-order valence-corrected chi connectivity index (χ4v) is 3.13. The van der Waals surface area contributed by atoms with E-state index in [0.29, 0.717) is 13.0 Å². The third kappa shape index (κ3) is 19.5. The van der Waals surface area contributed by atoms with Gasteiger partial charge < -0.3 is 9.79 Å². The lowest BCUT2D eigenvalue weighted by Gasteiger charge is -2.04. The van der Waals surface area contributed by atoms with Gasteiger partial charge >= 0.3 is 7.60 Å². The van der Waals surface area contributed by atoms with Crippen molar-refractivity contribution in [1.82, 2.24) is 0 Å². The lowest BCUT2D eigenvalue weighted by molar-refractivity contribution is 0.370. The van der Waals surface area contributed by atoms with E-state index in [1.807, 2.05) is 0 Å². The molecule has 22 heavy (non-hydrogen) atoms. The smallest absolute Gasteiger partial charge is 0.324 e. The number of nitrogens with zero attached hydrogens (tertiary/aromatic N) is 1. The summed E-state index contributed by atoms with van der Waals surface area (Å²) < 4.78 is 10.7. The Morgan fingerprint density at radius 2 is 1.05 bits per heavy atom. The van der Waals surface area contributed by atoms with E-state index < -0.39 is 7.60 Å². The fraction of sp³-hybridized carbons (Fsp3) is 0.938. The molecule has 2 N–H and O–H groups in total. The van der Waals surface area contributed by atoms with Crippen LogP contribution in [-0.4, -0.2) is 28.6 Å². The summed E-state index contributed by atoms with van der Waals surface area (Å²) in [5.41, 5.74) is 0. The van der Waals surface area contributed by atoms with E-state index in [1.165, 1.54) is 51.4 Å². The van der Waals surface area contributed by atoms with Crippen molar-refractivity contribution in [2.45, 2.75) is 83.5 Å². The van der Waals surface area contributed by atoms with Crippen LogP contribution >= 0.6 is 7.60 Å². The van der Waals surface area contributed by atoms with E-state index in [-0.39, 0.29) is 6.16 Å². The Balaban J connectivity index is 3.05. The van der Waals surface area contributed by atoms with Crippen LogP contribution in [0.5, 0.6) is 0 Å². The van der Waals surface area contributed by atoms with Gasteiger partial charge in [-0.3, -0.25) is 4.57 Å². The monoisotopic (exact) mass is 333 g/mol. The summed E-state index contributed by atoms with van der Waals surface area (Å²) in [6.45, 7) is 0.623. The van der Waals surface area contributed by atoms with E-state index in [0.717, 1.165) is 25.7 Å². The van der Waals surface area contributed by atoms with Crippen LogP contribution in [0.1, 0.15) is 83.5 Å². The molecule has 0 aromatic carbocycles. The standard InChI is InChI=1S/C16H32NO4P/c18-16-17-14-12-10-8-6-4-2-1-3-5-7-9-11-13-15-22(19,20)21/h1-15H2,(H2,19,20,21). The zero-order valence-electron chi connectivity index (χ0n) is 13.7. The number of hydrogen-bond donors (Lipinski definition) is 2. The van der Waals surface area contributed by atoms with Crippen molar-refractivity contribution in [3.8, 4) is 0 Å². The number of hydrogen-bond acceptors (Lipinski definition) is 3. The molecule has 6 heteroatoms. The van der Waals surface area contributed by atoms with Crippen LogP contribution in [-0.2, 0) is 9.36 Å². The van der Waals surface area contributed by atoms with E-state index in [1.54, 1.807) is 6.08 Å². The first-order chi connectivity index (χ1) is 10.6. The van der Waals surface area contributed by atoms with E-state index in [9.17, 15) is 9.36 Å². The molecule has 0 aliphatic rings. The van der Waals surface area contributed by atoms with Crippen molar-refractivity contribution in [2.75, 3.05) is 12.7 Å². The van der Waals surface area contributed by atoms with Crippen molar-refractivity contribution in [1.29, 1.82) is 0 Å². The van der Waals surface area contributed by atoms with E-state index in [4.69, 9.17) is 9.79 Å². The Morgan fingerprint density at radius 3 is 1.41 bits per heavy atom. The molecule has 0 heterocycles. The number of carbonyl (C=O) groups excluding carboxylic acids is 1. The molecular formula is C16H32NO4P. The molecule has 0 saturated carbocycles. The Labute approximate surface area is 134 Å². The maximum atomic E-state index is 10.7. The maximum absolute atomic E-state index is 10.7. The first kappa shape index (κ1) is 21.5. The molecule has 130 valence electrons. The van der Waals surface area contributed by atoms with Crippen molar-refractivity contribution < 1.29 is 19.1 Å². The second-order valence-electron chi connectivity index (χ2n) is 5.96. The van der Waals surface area contributed by atoms with Crippen LogP contribution in [0.2, 0.25) is 0 Å². The van der Waals surface area contributed by atoms with Gasteiger partial charge in [0.1, 0.15) is 0 Å². The summed E-state index contributed by atoms with van der Waals surface area (Å²) in [6, 6.07) is 0. The van der Waals surface area contributed by atoms with Crippen molar-refractivity contribution in [2.24, 2.45) is 4.99 Å². The van der Waals surface area contributed by atoms with Crippen LogP contribution in [0.25, 0.3) is 0 Å². The summed E-state index contributed by atoms with van der Waals surface area (Å²) in [7, 11) is -3.78. The molecule has 0 aromatic rings. The summed E-state index contributed by atoms with van der Waals surface area (Å²) >= 11 is 0. The van der Waals surface area contributed by atoms with Crippen molar-refractivity contribution in [3.05, 3.63) is 0 Å². The summed E-state index contributed by atoms with van der Waals surface area (Å²) in [5, 5.41) is 0. The van der Waals surface area contributed by atoms with Gasteiger partial charge in [0.2, 0.25) is 6.08 Å². The number of aliphatic imine (C=N–C) groups is 1. The molecule has 0 amide bonds. The third-order valence-corrected chi connectivity index (χ3v) is 4.68. The molecule has 0 atom stereocenters. The van der Waals surface area contributed by atoms with Gasteiger partial charge in [0.05, 0.1) is 6.54 Å². The molecular weight excluding hydrogens is 301 g/mol. The first-order valence-corrected chi connectivity index (χ1v) is 10.4. The van der Waals surface area contributed by atoms with Gasteiger partial charge in [-0.25, -0.2) is 9.79 Å². The van der Waals surface area contributed by atoms with Crippen molar-refractivity contribution >= 4 is 13.7 Å². The second kappa shape index (κ2) is 15.4. The SMILES string of the molecule is O=C=NCCCCCCCCCCCCCCCP(=O)(O)O. The van der Waals surface area contributed by atoms with Gasteiger partial charge in [-0.2, -0.15) is 0 Å². The minimum atomic E-state index is -3.78. The van der Waals surface area contributed by atoms with Crippen LogP contribution in [0.4, 0.5) is 0 Å². The predicted octanol–water partition coefficient (Wildman–Crippen LogP) is 4.57.